The van der Waals surface area contributed by atoms with Gasteiger partial charge in [-0.05, 0) is 28.7 Å². The van der Waals surface area contributed by atoms with Gasteiger partial charge in [0.05, 0.1) is 11.1 Å². The zero-order valence-electron chi connectivity index (χ0n) is 17.1. The number of rotatable bonds is 2. The Kier molecular flexibility index (Phi) is 4.02. The zero-order chi connectivity index (χ0) is 20.0. The molecule has 3 aromatic carbocycles. The maximum atomic E-state index is 3.45. The van der Waals surface area contributed by atoms with Gasteiger partial charge >= 0.3 is 0 Å². The van der Waals surface area contributed by atoms with Crippen molar-refractivity contribution in [1.29, 1.82) is 0 Å². The van der Waals surface area contributed by atoms with Crippen molar-refractivity contribution in [2.45, 2.75) is 26.2 Å². The lowest BCUT2D eigenvalue weighted by atomic mass is 9.84. The molecule has 1 aliphatic heterocycles. The first kappa shape index (κ1) is 17.7. The summed E-state index contributed by atoms with van der Waals surface area (Å²) in [6.07, 6.45) is 4.28. The standard InChI is InChI=1S/C27H24N2/c1-27(2,3)19-14-12-18(13-15-19)26(22-16-28-24-10-6-4-8-20(22)24)23-17-29-25-11-7-5-9-21(23)25/h4-17,28H,1-3H3/p+1/b26-23+. The van der Waals surface area contributed by atoms with E-state index in [2.05, 4.69) is 116 Å². The molecule has 1 aromatic heterocycles. The zero-order valence-corrected chi connectivity index (χ0v) is 17.1. The van der Waals surface area contributed by atoms with Crippen molar-refractivity contribution < 1.29 is 4.99 Å². The number of hydrogen-bond donors (Lipinski definition) is 2. The Morgan fingerprint density at radius 3 is 2.34 bits per heavy atom. The SMILES string of the molecule is CC(C)(C)c1ccc(/C(=C2/C=[NH+]c3ccccc32)c2c[nH]c3ccccc23)cc1. The Morgan fingerprint density at radius 2 is 1.55 bits per heavy atom. The lowest BCUT2D eigenvalue weighted by Gasteiger charge is -2.20. The van der Waals surface area contributed by atoms with Gasteiger partial charge in [0, 0.05) is 34.3 Å². The summed E-state index contributed by atoms with van der Waals surface area (Å²) in [7, 11) is 0. The Morgan fingerprint density at radius 1 is 0.828 bits per heavy atom. The van der Waals surface area contributed by atoms with Gasteiger partial charge in [-0.1, -0.05) is 75.4 Å². The molecule has 142 valence electrons. The fraction of sp³-hybridized carbons (Fsp3) is 0.148. The van der Waals surface area contributed by atoms with Gasteiger partial charge in [-0.15, -0.1) is 0 Å². The van der Waals surface area contributed by atoms with Gasteiger partial charge < -0.3 is 4.98 Å². The molecule has 0 aliphatic carbocycles. The molecule has 2 nitrogen and oxygen atoms in total. The van der Waals surface area contributed by atoms with Crippen LogP contribution in [0.5, 0.6) is 0 Å². The molecule has 0 saturated heterocycles. The van der Waals surface area contributed by atoms with Crippen LogP contribution in [0.2, 0.25) is 0 Å². The number of para-hydroxylation sites is 2. The van der Waals surface area contributed by atoms with E-state index in [0.29, 0.717) is 0 Å². The minimum Gasteiger partial charge on any atom is -0.361 e. The monoisotopic (exact) mass is 377 g/mol. The number of aromatic nitrogens is 1. The predicted molar refractivity (Wildman–Crippen MR) is 122 cm³/mol. The summed E-state index contributed by atoms with van der Waals surface area (Å²) < 4.78 is 0. The second kappa shape index (κ2) is 6.59. The van der Waals surface area contributed by atoms with Gasteiger partial charge in [-0.2, -0.15) is 0 Å². The molecule has 5 rings (SSSR count). The molecule has 0 amide bonds. The van der Waals surface area contributed by atoms with Crippen molar-refractivity contribution in [3.8, 4) is 0 Å². The number of aromatic amines is 1. The van der Waals surface area contributed by atoms with E-state index in [0.717, 1.165) is 11.2 Å². The van der Waals surface area contributed by atoms with Gasteiger partial charge in [0.1, 0.15) is 0 Å². The van der Waals surface area contributed by atoms with Crippen molar-refractivity contribution in [2.75, 3.05) is 0 Å². The Bertz CT molecular complexity index is 1260. The maximum Gasteiger partial charge on any atom is 0.211 e. The average molecular weight is 378 g/mol. The van der Waals surface area contributed by atoms with Gasteiger partial charge in [-0.3, -0.25) is 0 Å². The third-order valence-corrected chi connectivity index (χ3v) is 5.76. The fourth-order valence-corrected chi connectivity index (χ4v) is 4.15. The van der Waals surface area contributed by atoms with Crippen LogP contribution in [0.3, 0.4) is 0 Å². The maximum absolute atomic E-state index is 3.45. The molecule has 2 N–H and O–H groups in total. The summed E-state index contributed by atoms with van der Waals surface area (Å²) >= 11 is 0. The summed E-state index contributed by atoms with van der Waals surface area (Å²) in [4.78, 5) is 6.91. The first-order valence-electron chi connectivity index (χ1n) is 10.1. The van der Waals surface area contributed by atoms with Crippen LogP contribution in [-0.4, -0.2) is 11.2 Å². The molecule has 0 fully saturated rings. The van der Waals surface area contributed by atoms with Crippen LogP contribution in [0.15, 0.2) is 79.0 Å². The Balaban J connectivity index is 1.78. The molecule has 0 atom stereocenters. The van der Waals surface area contributed by atoms with Crippen molar-refractivity contribution in [1.82, 2.24) is 4.98 Å². The summed E-state index contributed by atoms with van der Waals surface area (Å²) in [6.45, 7) is 6.77. The Labute approximate surface area is 171 Å². The second-order valence-electron chi connectivity index (χ2n) is 8.70. The first-order chi connectivity index (χ1) is 14.0. The lowest BCUT2D eigenvalue weighted by Crippen LogP contribution is -2.58. The van der Waals surface area contributed by atoms with Crippen LogP contribution in [-0.2, 0) is 5.41 Å². The molecule has 2 heterocycles. The van der Waals surface area contributed by atoms with E-state index in [9.17, 15) is 0 Å². The van der Waals surface area contributed by atoms with Crippen LogP contribution in [0.4, 0.5) is 5.69 Å². The van der Waals surface area contributed by atoms with E-state index < -0.39 is 0 Å². The molecule has 1 aliphatic rings. The second-order valence-corrected chi connectivity index (χ2v) is 8.70. The third kappa shape index (κ3) is 3.01. The molecule has 0 bridgehead atoms. The Hall–Kier alpha value is -3.39. The van der Waals surface area contributed by atoms with Crippen molar-refractivity contribution in [3.63, 3.8) is 0 Å². The van der Waals surface area contributed by atoms with E-state index in [1.807, 2.05) is 0 Å². The summed E-state index contributed by atoms with van der Waals surface area (Å²) in [6, 6.07) is 26.1. The lowest BCUT2D eigenvalue weighted by molar-refractivity contribution is -0.342. The molecule has 0 spiro atoms. The van der Waals surface area contributed by atoms with Gasteiger partial charge in [-0.25, -0.2) is 4.99 Å². The number of fused-ring (bicyclic) bond motifs is 2. The van der Waals surface area contributed by atoms with Crippen molar-refractivity contribution in [2.24, 2.45) is 0 Å². The predicted octanol–water partition coefficient (Wildman–Crippen LogP) is 5.22. The average Bonchev–Trinajstić information content (AvgIpc) is 3.34. The van der Waals surface area contributed by atoms with E-state index >= 15 is 0 Å². The highest BCUT2D eigenvalue weighted by molar-refractivity contribution is 6.24. The quantitative estimate of drug-likeness (QED) is 0.480. The van der Waals surface area contributed by atoms with Crippen LogP contribution < -0.4 is 4.99 Å². The van der Waals surface area contributed by atoms with Gasteiger partial charge in [0.25, 0.3) is 0 Å². The smallest absolute Gasteiger partial charge is 0.211 e. The van der Waals surface area contributed by atoms with E-state index in [1.165, 1.54) is 38.8 Å². The molecule has 0 radical (unpaired) electrons. The summed E-state index contributed by atoms with van der Waals surface area (Å²) in [5.74, 6) is 0. The number of hydrogen-bond acceptors (Lipinski definition) is 0. The molecule has 0 saturated carbocycles. The van der Waals surface area contributed by atoms with Crippen LogP contribution in [0.1, 0.15) is 43.0 Å². The van der Waals surface area contributed by atoms with Crippen LogP contribution >= 0.6 is 0 Å². The molecule has 0 unspecified atom stereocenters. The molecular weight excluding hydrogens is 352 g/mol. The highest BCUT2D eigenvalue weighted by Crippen LogP contribution is 2.38. The number of H-pyrrole nitrogens is 1. The topological polar surface area (TPSA) is 29.8 Å². The summed E-state index contributed by atoms with van der Waals surface area (Å²) in [5.41, 5.74) is 9.99. The van der Waals surface area contributed by atoms with Crippen molar-refractivity contribution in [3.05, 3.63) is 101 Å². The molecule has 29 heavy (non-hydrogen) atoms. The van der Waals surface area contributed by atoms with E-state index in [1.54, 1.807) is 0 Å². The largest absolute Gasteiger partial charge is 0.361 e. The van der Waals surface area contributed by atoms with Crippen molar-refractivity contribution >= 4 is 34.0 Å². The summed E-state index contributed by atoms with van der Waals surface area (Å²) in [5, 5.41) is 1.24. The molecular formula is C27H25N2+. The van der Waals surface area contributed by atoms with E-state index in [-0.39, 0.29) is 5.41 Å². The van der Waals surface area contributed by atoms with Gasteiger partial charge in [0.15, 0.2) is 6.21 Å². The minimum absolute atomic E-state index is 0.139. The molecule has 2 heteroatoms. The molecule has 4 aromatic rings. The third-order valence-electron chi connectivity index (χ3n) is 5.76. The van der Waals surface area contributed by atoms with Crippen LogP contribution in [0.25, 0.3) is 22.0 Å². The number of nitrogens with one attached hydrogen (secondary N) is 2. The number of benzene rings is 3. The highest BCUT2D eigenvalue weighted by atomic mass is 14.8. The fourth-order valence-electron chi connectivity index (χ4n) is 4.15. The number of allylic oxidation sites excluding steroid dienone is 1. The van der Waals surface area contributed by atoms with Crippen LogP contribution in [0, 0.1) is 0 Å². The van der Waals surface area contributed by atoms with E-state index in [4.69, 9.17) is 0 Å². The first-order valence-corrected chi connectivity index (χ1v) is 10.1. The highest BCUT2D eigenvalue weighted by Gasteiger charge is 2.25. The van der Waals surface area contributed by atoms with Gasteiger partial charge in [0.2, 0.25) is 5.69 Å². The minimum atomic E-state index is 0.139. The normalized spacial score (nSPS) is 15.0.